The second-order valence-corrected chi connectivity index (χ2v) is 13.0. The van der Waals surface area contributed by atoms with E-state index < -0.39 is 0 Å². The number of nitrogens with zero attached hydrogens (tertiary/aromatic N) is 4. The van der Waals surface area contributed by atoms with Gasteiger partial charge in [0.1, 0.15) is 5.82 Å². The van der Waals surface area contributed by atoms with Crippen molar-refractivity contribution in [1.82, 2.24) is 19.3 Å². The van der Waals surface area contributed by atoms with Gasteiger partial charge in [-0.3, -0.25) is 4.68 Å². The summed E-state index contributed by atoms with van der Waals surface area (Å²) < 4.78 is 10.6. The van der Waals surface area contributed by atoms with Crippen molar-refractivity contribution in [3.8, 4) is 34.1 Å². The molecule has 248 valence electrons. The van der Waals surface area contributed by atoms with Crippen molar-refractivity contribution in [1.29, 1.82) is 0 Å². The van der Waals surface area contributed by atoms with Crippen molar-refractivity contribution in [2.75, 3.05) is 0 Å². The van der Waals surface area contributed by atoms with Crippen LogP contribution >= 0.6 is 0 Å². The van der Waals surface area contributed by atoms with Crippen LogP contribution in [-0.2, 0) is 26.5 Å². The van der Waals surface area contributed by atoms with Crippen LogP contribution in [0.4, 0.5) is 0 Å². The molecule has 3 aromatic heterocycles. The Morgan fingerprint density at radius 3 is 2.22 bits per heavy atom. The largest absolute Gasteiger partial charge is 2.00 e. The fraction of sp³-hybridized carbons (Fsp3) is 0.0667. The van der Waals surface area contributed by atoms with Gasteiger partial charge in [0.15, 0.2) is 0 Å². The summed E-state index contributed by atoms with van der Waals surface area (Å²) in [7, 11) is 0. The van der Waals surface area contributed by atoms with Crippen LogP contribution in [0.25, 0.3) is 55.3 Å². The van der Waals surface area contributed by atoms with Gasteiger partial charge in [-0.25, -0.2) is 4.98 Å². The van der Waals surface area contributed by atoms with E-state index >= 15 is 0 Å². The third-order valence-electron chi connectivity index (χ3n) is 9.63. The Hall–Kier alpha value is -5.77. The molecule has 0 saturated heterocycles. The molecule has 0 saturated carbocycles. The van der Waals surface area contributed by atoms with Gasteiger partial charge in [-0.05, 0) is 57.6 Å². The minimum absolute atomic E-state index is 0. The molecular weight excluding hydrogens is 808 g/mol. The van der Waals surface area contributed by atoms with E-state index in [9.17, 15) is 0 Å². The maximum atomic E-state index is 6.47. The number of fused-ring (bicyclic) bond motifs is 4. The van der Waals surface area contributed by atoms with Crippen molar-refractivity contribution in [2.45, 2.75) is 19.3 Å². The van der Waals surface area contributed by atoms with Gasteiger partial charge in [0, 0.05) is 34.0 Å². The maximum absolute atomic E-state index is 6.47. The van der Waals surface area contributed by atoms with Gasteiger partial charge in [0.25, 0.3) is 0 Å². The van der Waals surface area contributed by atoms with Crippen LogP contribution in [-0.4, -0.2) is 19.3 Å². The zero-order valence-corrected chi connectivity index (χ0v) is 30.3. The Labute approximate surface area is 311 Å². The van der Waals surface area contributed by atoms with Crippen LogP contribution in [0, 0.1) is 12.1 Å². The van der Waals surface area contributed by atoms with Crippen molar-refractivity contribution >= 4 is 32.7 Å². The average Bonchev–Trinajstić information content (AvgIpc) is 3.75. The van der Waals surface area contributed by atoms with E-state index in [1.54, 1.807) is 0 Å². The molecular formula is C45H32N4OPt. The fourth-order valence-electron chi connectivity index (χ4n) is 6.88. The van der Waals surface area contributed by atoms with Crippen LogP contribution in [0.2, 0.25) is 0 Å². The molecule has 0 aliphatic rings. The van der Waals surface area contributed by atoms with Crippen molar-refractivity contribution in [3.63, 3.8) is 0 Å². The minimum atomic E-state index is -0.225. The standard InChI is InChI=1S/C45H32N4O.Pt/c1-45(2,34-15-7-4-8-16-34)35-24-25-46-44(27-35)48-42-23-20-32(31-12-5-3-6-13-31)26-40(42)39-22-21-38(29-43(39)48)50-37-18-11-17-36(28-37)49-41-19-10-9-14-33(41)30-47-49;/h3-27,30H,1-2H3;/q-2;+2. The number of ether oxygens (including phenoxy) is 1. The second-order valence-electron chi connectivity index (χ2n) is 13.0. The van der Waals surface area contributed by atoms with Gasteiger partial charge in [0.2, 0.25) is 0 Å². The SMILES string of the molecule is CC(C)(c1ccccc1)c1ccnc(-n2c3[c-]c(Oc4[c-]c(-n5ncc6ccccc65)ccc4)ccc3c3cc(-c4ccccc4)ccc32)c1.[Pt+2]. The van der Waals surface area contributed by atoms with Gasteiger partial charge in [-0.1, -0.05) is 110 Å². The van der Waals surface area contributed by atoms with Gasteiger partial charge >= 0.3 is 21.1 Å². The molecule has 0 aliphatic heterocycles. The van der Waals surface area contributed by atoms with Crippen molar-refractivity contribution in [2.24, 2.45) is 0 Å². The molecule has 6 aromatic carbocycles. The zero-order valence-electron chi connectivity index (χ0n) is 28.0. The summed E-state index contributed by atoms with van der Waals surface area (Å²) in [5.41, 5.74) is 8.27. The number of pyridine rings is 1. The van der Waals surface area contributed by atoms with Gasteiger partial charge in [0.05, 0.1) is 11.7 Å². The molecule has 5 nitrogen and oxygen atoms in total. The molecule has 9 rings (SSSR count). The molecule has 0 N–H and O–H groups in total. The van der Waals surface area contributed by atoms with E-state index in [0.717, 1.165) is 49.8 Å². The van der Waals surface area contributed by atoms with E-state index in [1.165, 1.54) is 16.7 Å². The molecule has 3 heterocycles. The monoisotopic (exact) mass is 839 g/mol. The molecule has 6 heteroatoms. The predicted octanol–water partition coefficient (Wildman–Crippen LogP) is 10.9. The first kappa shape index (κ1) is 32.4. The topological polar surface area (TPSA) is 44.9 Å². The van der Waals surface area contributed by atoms with E-state index in [2.05, 4.69) is 139 Å². The molecule has 0 spiro atoms. The van der Waals surface area contributed by atoms with Crippen LogP contribution in [0.1, 0.15) is 25.0 Å². The Morgan fingerprint density at radius 1 is 0.608 bits per heavy atom. The first-order valence-electron chi connectivity index (χ1n) is 16.7. The fourth-order valence-corrected chi connectivity index (χ4v) is 6.88. The molecule has 9 aromatic rings. The maximum Gasteiger partial charge on any atom is 2.00 e. The van der Waals surface area contributed by atoms with Gasteiger partial charge < -0.3 is 9.30 Å². The molecule has 0 aliphatic carbocycles. The van der Waals surface area contributed by atoms with Crippen LogP contribution < -0.4 is 4.74 Å². The summed E-state index contributed by atoms with van der Waals surface area (Å²) in [6.45, 7) is 4.52. The number of para-hydroxylation sites is 1. The van der Waals surface area contributed by atoms with Crippen molar-refractivity contribution in [3.05, 3.63) is 181 Å². The van der Waals surface area contributed by atoms with Crippen LogP contribution in [0.15, 0.2) is 158 Å². The van der Waals surface area contributed by atoms with E-state index in [-0.39, 0.29) is 26.5 Å². The summed E-state index contributed by atoms with van der Waals surface area (Å²) in [6.07, 6.45) is 3.77. The number of hydrogen-bond acceptors (Lipinski definition) is 3. The van der Waals surface area contributed by atoms with Gasteiger partial charge in [-0.15, -0.1) is 35.7 Å². The number of aromatic nitrogens is 4. The summed E-state index contributed by atoms with van der Waals surface area (Å²) >= 11 is 0. The summed E-state index contributed by atoms with van der Waals surface area (Å²) in [5.74, 6) is 1.99. The van der Waals surface area contributed by atoms with Crippen LogP contribution in [0.3, 0.4) is 0 Å². The molecule has 51 heavy (non-hydrogen) atoms. The smallest absolute Gasteiger partial charge is 0.509 e. The van der Waals surface area contributed by atoms with E-state index in [0.29, 0.717) is 11.5 Å². The molecule has 0 atom stereocenters. The average molecular weight is 840 g/mol. The van der Waals surface area contributed by atoms with Crippen molar-refractivity contribution < 1.29 is 25.8 Å². The minimum Gasteiger partial charge on any atom is -0.509 e. The van der Waals surface area contributed by atoms with E-state index in [4.69, 9.17) is 9.72 Å². The zero-order chi connectivity index (χ0) is 33.7. The number of rotatable bonds is 7. The Balaban J connectivity index is 0.00000374. The molecule has 0 unspecified atom stereocenters. The third kappa shape index (κ3) is 5.84. The summed E-state index contributed by atoms with van der Waals surface area (Å²) in [6, 6.07) is 57.2. The summed E-state index contributed by atoms with van der Waals surface area (Å²) in [5, 5.41) is 7.87. The first-order chi connectivity index (χ1) is 24.5. The molecule has 0 amide bonds. The predicted molar refractivity (Wildman–Crippen MR) is 201 cm³/mol. The molecule has 0 radical (unpaired) electrons. The Morgan fingerprint density at radius 2 is 1.37 bits per heavy atom. The first-order valence-corrected chi connectivity index (χ1v) is 16.7. The normalized spacial score (nSPS) is 11.6. The van der Waals surface area contributed by atoms with Gasteiger partial charge in [-0.2, -0.15) is 17.2 Å². The molecule has 0 bridgehead atoms. The molecule has 0 fully saturated rings. The van der Waals surface area contributed by atoms with Crippen LogP contribution in [0.5, 0.6) is 11.5 Å². The van der Waals surface area contributed by atoms with E-state index in [1.807, 2.05) is 59.5 Å². The number of hydrogen-bond donors (Lipinski definition) is 0. The Kier molecular flexibility index (Phi) is 8.37. The third-order valence-corrected chi connectivity index (χ3v) is 9.63. The number of benzene rings is 6. The second kappa shape index (κ2) is 13.2. The quantitative estimate of drug-likeness (QED) is 0.150. The Bertz CT molecular complexity index is 2660. The summed E-state index contributed by atoms with van der Waals surface area (Å²) in [4.78, 5) is 4.93.